The van der Waals surface area contributed by atoms with Gasteiger partial charge in [-0.1, -0.05) is 29.8 Å². The molecule has 2 aromatic rings. The van der Waals surface area contributed by atoms with Crippen LogP contribution < -0.4 is 5.32 Å². The molecule has 0 spiro atoms. The molecule has 1 atom stereocenters. The molecule has 0 aliphatic rings. The first kappa shape index (κ1) is 10.9. The van der Waals surface area contributed by atoms with Crippen molar-refractivity contribution in [2.75, 3.05) is 0 Å². The van der Waals surface area contributed by atoms with Crippen molar-refractivity contribution < 1.29 is 0 Å². The summed E-state index contributed by atoms with van der Waals surface area (Å²) in [4.78, 5) is 7.26. The van der Waals surface area contributed by atoms with Crippen molar-refractivity contribution in [1.82, 2.24) is 15.3 Å². The number of imidazole rings is 1. The Balaban J connectivity index is 1.93. The number of rotatable bonds is 4. The van der Waals surface area contributed by atoms with Gasteiger partial charge in [-0.2, -0.15) is 0 Å². The standard InChI is InChI=1S/C13H17N3/c1-10-3-5-12(6-4-10)11(2)16-9-13-14-7-8-15-13/h3-8,11,16H,9H2,1-2H3,(H,14,15)/t11-/m0/s1. The topological polar surface area (TPSA) is 40.7 Å². The first-order chi connectivity index (χ1) is 7.75. The highest BCUT2D eigenvalue weighted by Crippen LogP contribution is 2.13. The van der Waals surface area contributed by atoms with Crippen LogP contribution in [-0.2, 0) is 6.54 Å². The van der Waals surface area contributed by atoms with Crippen LogP contribution in [0.3, 0.4) is 0 Å². The van der Waals surface area contributed by atoms with Crippen molar-refractivity contribution in [1.29, 1.82) is 0 Å². The fourth-order valence-electron chi connectivity index (χ4n) is 1.62. The summed E-state index contributed by atoms with van der Waals surface area (Å²) in [6, 6.07) is 8.94. The summed E-state index contributed by atoms with van der Waals surface area (Å²) in [5, 5.41) is 3.43. The Bertz CT molecular complexity index is 417. The van der Waals surface area contributed by atoms with E-state index in [0.717, 1.165) is 12.4 Å². The predicted octanol–water partition coefficient (Wildman–Crippen LogP) is 2.57. The summed E-state index contributed by atoms with van der Waals surface area (Å²) in [6.07, 6.45) is 3.61. The van der Waals surface area contributed by atoms with Crippen molar-refractivity contribution in [2.45, 2.75) is 26.4 Å². The largest absolute Gasteiger partial charge is 0.348 e. The predicted molar refractivity (Wildman–Crippen MR) is 65.0 cm³/mol. The number of aromatic nitrogens is 2. The number of aromatic amines is 1. The van der Waals surface area contributed by atoms with Crippen molar-refractivity contribution in [3.63, 3.8) is 0 Å². The van der Waals surface area contributed by atoms with Crippen LogP contribution in [0.1, 0.15) is 29.9 Å². The zero-order chi connectivity index (χ0) is 11.4. The van der Waals surface area contributed by atoms with Gasteiger partial charge in [0.25, 0.3) is 0 Å². The highest BCUT2D eigenvalue weighted by molar-refractivity contribution is 5.23. The maximum atomic E-state index is 4.18. The second-order valence-electron chi connectivity index (χ2n) is 4.05. The van der Waals surface area contributed by atoms with Gasteiger partial charge in [-0.05, 0) is 19.4 Å². The van der Waals surface area contributed by atoms with Gasteiger partial charge in [0.2, 0.25) is 0 Å². The Morgan fingerprint density at radius 2 is 2.06 bits per heavy atom. The Morgan fingerprint density at radius 1 is 1.31 bits per heavy atom. The molecule has 0 unspecified atom stereocenters. The van der Waals surface area contributed by atoms with Crippen LogP contribution in [0.25, 0.3) is 0 Å². The third-order valence-corrected chi connectivity index (χ3v) is 2.71. The monoisotopic (exact) mass is 215 g/mol. The maximum Gasteiger partial charge on any atom is 0.120 e. The van der Waals surface area contributed by atoms with Crippen molar-refractivity contribution in [3.8, 4) is 0 Å². The molecule has 1 heterocycles. The van der Waals surface area contributed by atoms with Gasteiger partial charge in [0.15, 0.2) is 0 Å². The third kappa shape index (κ3) is 2.70. The lowest BCUT2D eigenvalue weighted by Gasteiger charge is -2.13. The molecule has 0 radical (unpaired) electrons. The summed E-state index contributed by atoms with van der Waals surface area (Å²) in [5.41, 5.74) is 2.60. The zero-order valence-corrected chi connectivity index (χ0v) is 9.70. The Kier molecular flexibility index (Phi) is 3.37. The van der Waals surface area contributed by atoms with Crippen molar-refractivity contribution in [3.05, 3.63) is 53.6 Å². The molecule has 0 amide bonds. The summed E-state index contributed by atoms with van der Waals surface area (Å²) >= 11 is 0. The number of benzene rings is 1. The van der Waals surface area contributed by atoms with Gasteiger partial charge in [0.1, 0.15) is 5.82 Å². The molecule has 1 aromatic heterocycles. The highest BCUT2D eigenvalue weighted by Gasteiger charge is 2.04. The van der Waals surface area contributed by atoms with E-state index in [1.54, 1.807) is 6.20 Å². The van der Waals surface area contributed by atoms with E-state index in [0.29, 0.717) is 6.04 Å². The van der Waals surface area contributed by atoms with E-state index >= 15 is 0 Å². The normalized spacial score (nSPS) is 12.6. The molecule has 0 aliphatic carbocycles. The molecule has 16 heavy (non-hydrogen) atoms. The fraction of sp³-hybridized carbons (Fsp3) is 0.308. The molecule has 0 fully saturated rings. The van der Waals surface area contributed by atoms with E-state index in [9.17, 15) is 0 Å². The lowest BCUT2D eigenvalue weighted by atomic mass is 10.1. The van der Waals surface area contributed by atoms with Gasteiger partial charge in [0.05, 0.1) is 6.54 Å². The molecule has 3 heteroatoms. The second kappa shape index (κ2) is 4.94. The van der Waals surface area contributed by atoms with Crippen LogP contribution in [0.15, 0.2) is 36.7 Å². The molecular weight excluding hydrogens is 198 g/mol. The van der Waals surface area contributed by atoms with E-state index in [1.165, 1.54) is 11.1 Å². The Morgan fingerprint density at radius 3 is 2.69 bits per heavy atom. The Labute approximate surface area is 95.9 Å². The second-order valence-corrected chi connectivity index (χ2v) is 4.05. The third-order valence-electron chi connectivity index (χ3n) is 2.71. The number of hydrogen-bond acceptors (Lipinski definition) is 2. The molecule has 0 saturated carbocycles. The average Bonchev–Trinajstić information content (AvgIpc) is 2.80. The Hall–Kier alpha value is -1.61. The molecule has 2 N–H and O–H groups in total. The average molecular weight is 215 g/mol. The van der Waals surface area contributed by atoms with Crippen LogP contribution >= 0.6 is 0 Å². The lowest BCUT2D eigenvalue weighted by molar-refractivity contribution is 0.562. The van der Waals surface area contributed by atoms with E-state index in [2.05, 4.69) is 53.4 Å². The minimum Gasteiger partial charge on any atom is -0.348 e. The van der Waals surface area contributed by atoms with E-state index in [-0.39, 0.29) is 0 Å². The fourth-order valence-corrected chi connectivity index (χ4v) is 1.62. The number of nitrogens with zero attached hydrogens (tertiary/aromatic N) is 1. The van der Waals surface area contributed by atoms with E-state index < -0.39 is 0 Å². The van der Waals surface area contributed by atoms with E-state index in [1.807, 2.05) is 6.20 Å². The van der Waals surface area contributed by atoms with Crippen LogP contribution in [0.2, 0.25) is 0 Å². The van der Waals surface area contributed by atoms with Gasteiger partial charge in [0, 0.05) is 18.4 Å². The van der Waals surface area contributed by atoms with Gasteiger partial charge in [-0.15, -0.1) is 0 Å². The van der Waals surface area contributed by atoms with Gasteiger partial charge in [-0.3, -0.25) is 0 Å². The molecule has 1 aromatic carbocycles. The molecule has 0 bridgehead atoms. The smallest absolute Gasteiger partial charge is 0.120 e. The van der Waals surface area contributed by atoms with Crippen LogP contribution in [0, 0.1) is 6.92 Å². The first-order valence-corrected chi connectivity index (χ1v) is 5.54. The molecule has 0 aliphatic heterocycles. The number of aryl methyl sites for hydroxylation is 1. The van der Waals surface area contributed by atoms with Gasteiger partial charge < -0.3 is 10.3 Å². The van der Waals surface area contributed by atoms with Gasteiger partial charge in [-0.25, -0.2) is 4.98 Å². The van der Waals surface area contributed by atoms with Crippen LogP contribution in [-0.4, -0.2) is 9.97 Å². The highest BCUT2D eigenvalue weighted by atomic mass is 15.0. The number of H-pyrrole nitrogens is 1. The molecule has 84 valence electrons. The number of hydrogen-bond donors (Lipinski definition) is 2. The van der Waals surface area contributed by atoms with Crippen LogP contribution in [0.5, 0.6) is 0 Å². The summed E-state index contributed by atoms with van der Waals surface area (Å²) in [6.45, 7) is 5.03. The quantitative estimate of drug-likeness (QED) is 0.823. The summed E-state index contributed by atoms with van der Waals surface area (Å²) in [5.74, 6) is 0.971. The van der Waals surface area contributed by atoms with Gasteiger partial charge >= 0.3 is 0 Å². The van der Waals surface area contributed by atoms with Crippen molar-refractivity contribution in [2.24, 2.45) is 0 Å². The van der Waals surface area contributed by atoms with Crippen molar-refractivity contribution >= 4 is 0 Å². The summed E-state index contributed by atoms with van der Waals surface area (Å²) < 4.78 is 0. The zero-order valence-electron chi connectivity index (χ0n) is 9.70. The number of nitrogens with one attached hydrogen (secondary N) is 2. The SMILES string of the molecule is Cc1ccc([C@H](C)NCc2ncc[nH]2)cc1. The molecule has 3 nitrogen and oxygen atoms in total. The minimum atomic E-state index is 0.339. The minimum absolute atomic E-state index is 0.339. The van der Waals surface area contributed by atoms with Crippen LogP contribution in [0.4, 0.5) is 0 Å². The van der Waals surface area contributed by atoms with E-state index in [4.69, 9.17) is 0 Å². The molecule has 2 rings (SSSR count). The first-order valence-electron chi connectivity index (χ1n) is 5.54. The lowest BCUT2D eigenvalue weighted by Crippen LogP contribution is -2.18. The maximum absolute atomic E-state index is 4.18. The molecule has 0 saturated heterocycles. The summed E-state index contributed by atoms with van der Waals surface area (Å²) in [7, 11) is 0. The molecular formula is C13H17N3.